The van der Waals surface area contributed by atoms with E-state index in [0.29, 0.717) is 17.1 Å². The molecule has 2 N–H and O–H groups in total. The molecule has 1 heterocycles. The summed E-state index contributed by atoms with van der Waals surface area (Å²) >= 11 is 5.74. The molecular weight excluding hydrogens is 270 g/mol. The predicted molar refractivity (Wildman–Crippen MR) is 71.0 cm³/mol. The monoisotopic (exact) mass is 283 g/mol. The number of nitrogens with zero attached hydrogens (tertiary/aromatic N) is 1. The quantitative estimate of drug-likeness (QED) is 0.649. The van der Waals surface area contributed by atoms with E-state index < -0.39 is 4.92 Å². The Hall–Kier alpha value is -1.66. The third-order valence-electron chi connectivity index (χ3n) is 3.07. The van der Waals surface area contributed by atoms with E-state index in [1.165, 1.54) is 6.07 Å². The average Bonchev–Trinajstić information content (AvgIpc) is 2.38. The molecule has 0 radical (unpaired) electrons. The molecule has 0 saturated carbocycles. The zero-order valence-corrected chi connectivity index (χ0v) is 10.9. The van der Waals surface area contributed by atoms with Crippen LogP contribution in [0.15, 0.2) is 18.2 Å². The molecule has 1 unspecified atom stereocenters. The Morgan fingerprint density at radius 2 is 2.32 bits per heavy atom. The average molecular weight is 284 g/mol. The number of benzene rings is 1. The van der Waals surface area contributed by atoms with E-state index in [9.17, 15) is 14.9 Å². The zero-order valence-electron chi connectivity index (χ0n) is 10.2. The molecule has 2 rings (SSSR count). The molecule has 1 amide bonds. The van der Waals surface area contributed by atoms with Crippen LogP contribution in [0.2, 0.25) is 5.02 Å². The first kappa shape index (κ1) is 13.8. The van der Waals surface area contributed by atoms with E-state index in [1.54, 1.807) is 12.1 Å². The molecule has 1 atom stereocenters. The minimum atomic E-state index is -0.468. The zero-order chi connectivity index (χ0) is 13.8. The van der Waals surface area contributed by atoms with Crippen molar-refractivity contribution < 1.29 is 9.72 Å². The summed E-state index contributed by atoms with van der Waals surface area (Å²) in [7, 11) is 0. The fourth-order valence-corrected chi connectivity index (χ4v) is 2.22. The van der Waals surface area contributed by atoms with Gasteiger partial charge in [0.25, 0.3) is 5.69 Å². The molecule has 0 aromatic heterocycles. The van der Waals surface area contributed by atoms with Gasteiger partial charge in [-0.25, -0.2) is 0 Å². The highest BCUT2D eigenvalue weighted by Crippen LogP contribution is 2.23. The van der Waals surface area contributed by atoms with Gasteiger partial charge < -0.3 is 10.6 Å². The van der Waals surface area contributed by atoms with Crippen LogP contribution < -0.4 is 10.6 Å². The first-order chi connectivity index (χ1) is 9.08. The number of nitrogens with one attached hydrogen (secondary N) is 2. The minimum absolute atomic E-state index is 0.0313. The summed E-state index contributed by atoms with van der Waals surface area (Å²) in [4.78, 5) is 22.0. The number of carbonyl (C=O) groups is 1. The lowest BCUT2D eigenvalue weighted by Gasteiger charge is -2.22. The molecule has 0 spiro atoms. The molecule has 1 aliphatic rings. The van der Waals surface area contributed by atoms with Gasteiger partial charge in [-0.15, -0.1) is 0 Å². The molecule has 1 saturated heterocycles. The van der Waals surface area contributed by atoms with E-state index in [-0.39, 0.29) is 24.2 Å². The highest BCUT2D eigenvalue weighted by atomic mass is 35.5. The Morgan fingerprint density at radius 1 is 1.53 bits per heavy atom. The topological polar surface area (TPSA) is 84.3 Å². The standard InChI is InChI=1S/C12H14ClN3O3/c13-9-4-3-8(11(6-9)16(18)19)7-15-10-2-1-5-14-12(10)17/h3-4,6,10,15H,1-2,5,7H2,(H,14,17). The summed E-state index contributed by atoms with van der Waals surface area (Å²) in [5.74, 6) is -0.0529. The first-order valence-electron chi connectivity index (χ1n) is 6.02. The van der Waals surface area contributed by atoms with Crippen LogP contribution in [0.25, 0.3) is 0 Å². The lowest BCUT2D eigenvalue weighted by molar-refractivity contribution is -0.385. The third-order valence-corrected chi connectivity index (χ3v) is 3.30. The van der Waals surface area contributed by atoms with Gasteiger partial charge in [0.15, 0.2) is 0 Å². The van der Waals surface area contributed by atoms with Crippen LogP contribution in [0, 0.1) is 10.1 Å². The van der Waals surface area contributed by atoms with Crippen LogP contribution in [0.4, 0.5) is 5.69 Å². The Morgan fingerprint density at radius 3 is 3.00 bits per heavy atom. The second-order valence-electron chi connectivity index (χ2n) is 4.40. The van der Waals surface area contributed by atoms with Crippen molar-refractivity contribution in [2.45, 2.75) is 25.4 Å². The van der Waals surface area contributed by atoms with Gasteiger partial charge in [0.1, 0.15) is 0 Å². The van der Waals surface area contributed by atoms with Crippen LogP contribution in [-0.2, 0) is 11.3 Å². The summed E-state index contributed by atoms with van der Waals surface area (Å²) in [6.45, 7) is 0.962. The number of nitro groups is 1. The van der Waals surface area contributed by atoms with Gasteiger partial charge in [0.2, 0.25) is 5.91 Å². The Bertz CT molecular complexity index is 507. The molecule has 0 aliphatic carbocycles. The number of rotatable bonds is 4. The van der Waals surface area contributed by atoms with Crippen LogP contribution in [0.1, 0.15) is 18.4 Å². The Balaban J connectivity index is 2.06. The van der Waals surface area contributed by atoms with Gasteiger partial charge in [0.05, 0.1) is 11.0 Å². The fraction of sp³-hybridized carbons (Fsp3) is 0.417. The summed E-state index contributed by atoms with van der Waals surface area (Å²) in [5, 5.41) is 17.1. The molecule has 1 fully saturated rings. The van der Waals surface area contributed by atoms with E-state index >= 15 is 0 Å². The van der Waals surface area contributed by atoms with Gasteiger partial charge in [0, 0.05) is 29.7 Å². The molecule has 1 aromatic rings. The normalized spacial score (nSPS) is 19.0. The van der Waals surface area contributed by atoms with Crippen LogP contribution in [0.5, 0.6) is 0 Å². The van der Waals surface area contributed by atoms with E-state index in [2.05, 4.69) is 10.6 Å². The lowest BCUT2D eigenvalue weighted by atomic mass is 10.1. The van der Waals surface area contributed by atoms with Crippen LogP contribution in [0.3, 0.4) is 0 Å². The number of nitro benzene ring substituents is 1. The lowest BCUT2D eigenvalue weighted by Crippen LogP contribution is -2.47. The summed E-state index contributed by atoms with van der Waals surface area (Å²) < 4.78 is 0. The maximum absolute atomic E-state index is 11.6. The smallest absolute Gasteiger partial charge is 0.275 e. The molecule has 6 nitrogen and oxygen atoms in total. The number of piperidine rings is 1. The SMILES string of the molecule is O=C1NCCCC1NCc1ccc(Cl)cc1[N+](=O)[O-]. The number of amides is 1. The predicted octanol–water partition coefficient (Wildman–Crippen LogP) is 1.62. The van der Waals surface area contributed by atoms with Crippen molar-refractivity contribution in [2.75, 3.05) is 6.54 Å². The van der Waals surface area contributed by atoms with Crippen molar-refractivity contribution in [2.24, 2.45) is 0 Å². The van der Waals surface area contributed by atoms with Crippen LogP contribution in [-0.4, -0.2) is 23.4 Å². The number of carbonyl (C=O) groups excluding carboxylic acids is 1. The first-order valence-corrected chi connectivity index (χ1v) is 6.39. The molecule has 19 heavy (non-hydrogen) atoms. The number of hydrogen-bond donors (Lipinski definition) is 2. The van der Waals surface area contributed by atoms with Gasteiger partial charge >= 0.3 is 0 Å². The summed E-state index contributed by atoms with van der Waals surface area (Å²) in [6, 6.07) is 4.24. The fourth-order valence-electron chi connectivity index (χ4n) is 2.06. The summed E-state index contributed by atoms with van der Waals surface area (Å²) in [5.41, 5.74) is 0.490. The number of hydrogen-bond acceptors (Lipinski definition) is 4. The third kappa shape index (κ3) is 3.42. The van der Waals surface area contributed by atoms with E-state index in [0.717, 1.165) is 12.8 Å². The molecule has 1 aliphatic heterocycles. The molecule has 102 valence electrons. The van der Waals surface area contributed by atoms with Crippen molar-refractivity contribution in [3.63, 3.8) is 0 Å². The molecule has 1 aromatic carbocycles. The van der Waals surface area contributed by atoms with Crippen molar-refractivity contribution in [3.8, 4) is 0 Å². The van der Waals surface area contributed by atoms with Gasteiger partial charge in [-0.2, -0.15) is 0 Å². The maximum atomic E-state index is 11.6. The highest BCUT2D eigenvalue weighted by Gasteiger charge is 2.22. The second-order valence-corrected chi connectivity index (χ2v) is 4.83. The molecule has 0 bridgehead atoms. The van der Waals surface area contributed by atoms with E-state index in [4.69, 9.17) is 11.6 Å². The minimum Gasteiger partial charge on any atom is -0.355 e. The van der Waals surface area contributed by atoms with Crippen molar-refractivity contribution >= 4 is 23.2 Å². The highest BCUT2D eigenvalue weighted by molar-refractivity contribution is 6.30. The maximum Gasteiger partial charge on any atom is 0.275 e. The molecule has 7 heteroatoms. The van der Waals surface area contributed by atoms with Crippen molar-refractivity contribution in [1.82, 2.24) is 10.6 Å². The van der Waals surface area contributed by atoms with Gasteiger partial charge in [-0.1, -0.05) is 11.6 Å². The Labute approximate surface area is 115 Å². The van der Waals surface area contributed by atoms with E-state index in [1.807, 2.05) is 0 Å². The summed E-state index contributed by atoms with van der Waals surface area (Å²) in [6.07, 6.45) is 1.65. The van der Waals surface area contributed by atoms with Crippen molar-refractivity contribution in [3.05, 3.63) is 38.9 Å². The van der Waals surface area contributed by atoms with Gasteiger partial charge in [-0.3, -0.25) is 14.9 Å². The second kappa shape index (κ2) is 5.99. The van der Waals surface area contributed by atoms with Crippen molar-refractivity contribution in [1.29, 1.82) is 0 Å². The van der Waals surface area contributed by atoms with Gasteiger partial charge in [-0.05, 0) is 25.0 Å². The van der Waals surface area contributed by atoms with Crippen LogP contribution >= 0.6 is 11.6 Å². The number of halogens is 1. The largest absolute Gasteiger partial charge is 0.355 e. The Kier molecular flexibility index (Phi) is 4.34. The molecular formula is C12H14ClN3O3.